The van der Waals surface area contributed by atoms with E-state index in [0.717, 1.165) is 24.3 Å². The minimum atomic E-state index is -4.51. The SMILES string of the molecule is C[C@@H]1CN([C@@H](C)CO)C(=O)Cc2cc(NC(=O)Nc3ccc(C(F)(F)F)cc3)ccc2O[C@H]1CN(C)C(=O)Nc1ccc(F)cc1. The Hall–Kier alpha value is -4.85. The third kappa shape index (κ3) is 8.87. The summed E-state index contributed by atoms with van der Waals surface area (Å²) in [6.45, 7) is 3.65. The highest BCUT2D eigenvalue weighted by Crippen LogP contribution is 2.31. The molecule has 10 nitrogen and oxygen atoms in total. The first-order valence-electron chi connectivity index (χ1n) is 14.5. The predicted octanol–water partition coefficient (Wildman–Crippen LogP) is 5.80. The monoisotopic (exact) mass is 645 g/mol. The second kappa shape index (κ2) is 14.5. The van der Waals surface area contributed by atoms with Crippen LogP contribution in [-0.4, -0.2) is 71.8 Å². The molecule has 14 heteroatoms. The largest absolute Gasteiger partial charge is 0.488 e. The summed E-state index contributed by atoms with van der Waals surface area (Å²) in [7, 11) is 1.57. The third-order valence-electron chi connectivity index (χ3n) is 7.54. The van der Waals surface area contributed by atoms with Gasteiger partial charge in [0.15, 0.2) is 0 Å². The average molecular weight is 646 g/mol. The van der Waals surface area contributed by atoms with E-state index in [1.54, 1.807) is 37.1 Å². The number of benzene rings is 3. The second-order valence-electron chi connectivity index (χ2n) is 11.2. The normalized spacial score (nSPS) is 17.4. The predicted molar refractivity (Wildman–Crippen MR) is 164 cm³/mol. The van der Waals surface area contributed by atoms with Crippen molar-refractivity contribution in [2.45, 2.75) is 38.6 Å². The van der Waals surface area contributed by atoms with Gasteiger partial charge in [0.2, 0.25) is 5.91 Å². The first-order chi connectivity index (χ1) is 21.7. The fourth-order valence-electron chi connectivity index (χ4n) is 4.87. The molecule has 3 aromatic rings. The van der Waals surface area contributed by atoms with E-state index in [2.05, 4.69) is 16.0 Å². The second-order valence-corrected chi connectivity index (χ2v) is 11.2. The number of rotatable bonds is 7. The molecule has 0 fully saturated rings. The number of halogens is 4. The molecule has 0 saturated heterocycles. The highest BCUT2D eigenvalue weighted by molar-refractivity contribution is 6.00. The summed E-state index contributed by atoms with van der Waals surface area (Å²) in [6.07, 6.45) is -5.23. The molecule has 246 valence electrons. The van der Waals surface area contributed by atoms with Crippen LogP contribution < -0.4 is 20.7 Å². The highest BCUT2D eigenvalue weighted by atomic mass is 19.4. The molecule has 0 aromatic heterocycles. The van der Waals surface area contributed by atoms with Gasteiger partial charge in [-0.05, 0) is 73.7 Å². The molecule has 1 aliphatic heterocycles. The van der Waals surface area contributed by atoms with Gasteiger partial charge in [-0.25, -0.2) is 14.0 Å². The summed E-state index contributed by atoms with van der Waals surface area (Å²) in [5, 5.41) is 17.6. The number of likely N-dealkylation sites (N-methyl/N-ethyl adjacent to an activating group) is 1. The van der Waals surface area contributed by atoms with Gasteiger partial charge in [0.25, 0.3) is 0 Å². The van der Waals surface area contributed by atoms with Gasteiger partial charge in [0, 0.05) is 42.1 Å². The number of anilines is 3. The number of hydrogen-bond acceptors (Lipinski definition) is 5. The maximum atomic E-state index is 13.4. The van der Waals surface area contributed by atoms with Crippen molar-refractivity contribution in [1.82, 2.24) is 9.80 Å². The lowest BCUT2D eigenvalue weighted by Crippen LogP contribution is -2.48. The molecule has 0 bridgehead atoms. The molecule has 5 amide bonds. The fraction of sp³-hybridized carbons (Fsp3) is 0.344. The molecule has 4 N–H and O–H groups in total. The number of urea groups is 2. The van der Waals surface area contributed by atoms with Gasteiger partial charge in [0.1, 0.15) is 17.7 Å². The Morgan fingerprint density at radius 1 is 1.00 bits per heavy atom. The van der Waals surface area contributed by atoms with E-state index in [1.807, 2.05) is 6.92 Å². The number of hydrogen-bond donors (Lipinski definition) is 4. The molecule has 3 aromatic carbocycles. The molecule has 3 atom stereocenters. The van der Waals surface area contributed by atoms with Gasteiger partial charge >= 0.3 is 18.2 Å². The van der Waals surface area contributed by atoms with Crippen LogP contribution in [0.4, 0.5) is 44.2 Å². The number of alkyl halides is 3. The van der Waals surface area contributed by atoms with Crippen LogP contribution in [0, 0.1) is 11.7 Å². The van der Waals surface area contributed by atoms with Gasteiger partial charge < -0.3 is 35.6 Å². The van der Waals surface area contributed by atoms with Crippen LogP contribution in [0.3, 0.4) is 0 Å². The van der Waals surface area contributed by atoms with Gasteiger partial charge in [0.05, 0.1) is 31.2 Å². The van der Waals surface area contributed by atoms with Gasteiger partial charge in [-0.1, -0.05) is 6.92 Å². The molecular weight excluding hydrogens is 610 g/mol. The zero-order valence-corrected chi connectivity index (χ0v) is 25.4. The van der Waals surface area contributed by atoms with Crippen LogP contribution in [0.1, 0.15) is 25.0 Å². The zero-order valence-electron chi connectivity index (χ0n) is 25.4. The molecule has 4 rings (SSSR count). The quantitative estimate of drug-likeness (QED) is 0.242. The molecular formula is C32H35F4N5O5. The van der Waals surface area contributed by atoms with E-state index >= 15 is 0 Å². The lowest BCUT2D eigenvalue weighted by atomic mass is 10.0. The Balaban J connectivity index is 1.53. The van der Waals surface area contributed by atoms with E-state index in [9.17, 15) is 37.1 Å². The van der Waals surface area contributed by atoms with E-state index in [4.69, 9.17) is 4.74 Å². The molecule has 0 aliphatic carbocycles. The number of nitrogens with zero attached hydrogens (tertiary/aromatic N) is 2. The number of carbonyl (C=O) groups excluding carboxylic acids is 3. The number of ether oxygens (including phenoxy) is 1. The number of fused-ring (bicyclic) bond motifs is 1. The Kier molecular flexibility index (Phi) is 10.7. The van der Waals surface area contributed by atoms with Crippen LogP contribution in [0.15, 0.2) is 66.7 Å². The van der Waals surface area contributed by atoms with E-state index in [1.165, 1.54) is 29.2 Å². The van der Waals surface area contributed by atoms with Gasteiger partial charge in [-0.3, -0.25) is 4.79 Å². The molecule has 0 saturated carbocycles. The molecule has 1 heterocycles. The topological polar surface area (TPSA) is 123 Å². The van der Waals surface area contributed by atoms with Crippen molar-refractivity contribution in [3.63, 3.8) is 0 Å². The summed E-state index contributed by atoms with van der Waals surface area (Å²) in [6, 6.07) is 12.3. The third-order valence-corrected chi connectivity index (χ3v) is 7.54. The van der Waals surface area contributed by atoms with Crippen molar-refractivity contribution in [2.24, 2.45) is 5.92 Å². The number of nitrogens with one attached hydrogen (secondary N) is 3. The molecule has 1 aliphatic rings. The summed E-state index contributed by atoms with van der Waals surface area (Å²) in [5.74, 6) is -0.665. The van der Waals surface area contributed by atoms with Crippen LogP contribution in [0.25, 0.3) is 0 Å². The van der Waals surface area contributed by atoms with Crippen molar-refractivity contribution < 1.29 is 41.8 Å². The first kappa shape index (κ1) is 34.0. The summed E-state index contributed by atoms with van der Waals surface area (Å²) in [4.78, 5) is 42.0. The van der Waals surface area contributed by atoms with Crippen LogP contribution >= 0.6 is 0 Å². The first-order valence-corrected chi connectivity index (χ1v) is 14.5. The summed E-state index contributed by atoms with van der Waals surface area (Å²) in [5.41, 5.74) is 0.427. The molecule has 46 heavy (non-hydrogen) atoms. The molecule has 0 unspecified atom stereocenters. The minimum absolute atomic E-state index is 0.110. The van der Waals surface area contributed by atoms with Gasteiger partial charge in [-0.15, -0.1) is 0 Å². The van der Waals surface area contributed by atoms with Crippen molar-refractivity contribution >= 4 is 35.0 Å². The van der Waals surface area contributed by atoms with E-state index in [-0.39, 0.29) is 43.6 Å². The van der Waals surface area contributed by atoms with Crippen molar-refractivity contribution in [3.8, 4) is 5.75 Å². The minimum Gasteiger partial charge on any atom is -0.488 e. The molecule has 0 spiro atoms. The van der Waals surface area contributed by atoms with Crippen molar-refractivity contribution in [1.29, 1.82) is 0 Å². The maximum absolute atomic E-state index is 13.4. The Bertz CT molecular complexity index is 1540. The Morgan fingerprint density at radius 3 is 2.22 bits per heavy atom. The summed E-state index contributed by atoms with van der Waals surface area (Å²) < 4.78 is 58.2. The van der Waals surface area contributed by atoms with Crippen LogP contribution in [0.2, 0.25) is 0 Å². The lowest BCUT2D eigenvalue weighted by Gasteiger charge is -2.34. The maximum Gasteiger partial charge on any atom is 0.416 e. The van der Waals surface area contributed by atoms with E-state index in [0.29, 0.717) is 22.7 Å². The number of carbonyl (C=O) groups is 3. The van der Waals surface area contributed by atoms with E-state index < -0.39 is 41.8 Å². The average Bonchev–Trinajstić information content (AvgIpc) is 3.05. The Labute approximate surface area is 263 Å². The van der Waals surface area contributed by atoms with Crippen LogP contribution in [0.5, 0.6) is 5.75 Å². The summed E-state index contributed by atoms with van der Waals surface area (Å²) >= 11 is 0. The molecule has 0 radical (unpaired) electrons. The lowest BCUT2D eigenvalue weighted by molar-refractivity contribution is -0.137. The smallest absolute Gasteiger partial charge is 0.416 e. The fourth-order valence-corrected chi connectivity index (χ4v) is 4.87. The Morgan fingerprint density at radius 2 is 1.59 bits per heavy atom. The zero-order chi connectivity index (χ0) is 33.6. The van der Waals surface area contributed by atoms with Crippen molar-refractivity contribution in [2.75, 3.05) is 42.7 Å². The number of aliphatic hydroxyl groups excluding tert-OH is 1. The standard InChI is InChI=1S/C32H35F4N5O5/c1-19-16-41(20(2)18-42)29(43)15-21-14-26(38-30(44)37-24-8-4-22(5-9-24)32(34,35)36)12-13-27(21)46-28(19)17-40(3)31(45)39-25-10-6-23(33)7-11-25/h4-14,19-20,28,42H,15-18H2,1-3H3,(H,39,45)(H2,37,38,44)/t19-,20+,28+/m1/s1. The highest BCUT2D eigenvalue weighted by Gasteiger charge is 2.32. The van der Waals surface area contributed by atoms with Crippen LogP contribution in [-0.2, 0) is 17.4 Å². The number of amides is 5. The van der Waals surface area contributed by atoms with Crippen molar-refractivity contribution in [3.05, 3.63) is 83.7 Å². The van der Waals surface area contributed by atoms with Gasteiger partial charge in [-0.2, -0.15) is 13.2 Å². The number of aliphatic hydroxyl groups is 1.